The summed E-state index contributed by atoms with van der Waals surface area (Å²) in [6.07, 6.45) is 12.8. The Bertz CT molecular complexity index is 844. The minimum Gasteiger partial charge on any atom is -1.00 e. The van der Waals surface area contributed by atoms with E-state index < -0.39 is 20.5 Å². The molecular weight excluding hydrogens is 598 g/mol. The average Bonchev–Trinajstić information content (AvgIpc) is 2.89. The third kappa shape index (κ3) is 3.09. The van der Waals surface area contributed by atoms with Crippen LogP contribution in [0, 0.1) is 0 Å². The maximum absolute atomic E-state index is 4.85. The summed E-state index contributed by atoms with van der Waals surface area (Å²) in [5.74, 6) is 0. The monoisotopic (exact) mass is 644 g/mol. The van der Waals surface area contributed by atoms with Crippen molar-refractivity contribution in [3.8, 4) is 0 Å². The molecule has 0 amide bonds. The van der Waals surface area contributed by atoms with Gasteiger partial charge in [-0.2, -0.15) is 0 Å². The van der Waals surface area contributed by atoms with Crippen molar-refractivity contribution in [2.75, 3.05) is 0 Å². The molecule has 0 saturated carbocycles. The number of rotatable bonds is 4. The zero-order valence-electron chi connectivity index (χ0n) is 20.8. The summed E-state index contributed by atoms with van der Waals surface area (Å²) in [5, 5.41) is 0. The summed E-state index contributed by atoms with van der Waals surface area (Å²) in [6.45, 7) is 17.5. The predicted octanol–water partition coefficient (Wildman–Crippen LogP) is 0.142. The second-order valence-corrected chi connectivity index (χ2v) is 222. The number of allylic oxidation sites excluding steroid dienone is 8. The predicted molar refractivity (Wildman–Crippen MR) is 133 cm³/mol. The van der Waals surface area contributed by atoms with E-state index in [-0.39, 0.29) is 31.2 Å². The molecule has 2 aliphatic carbocycles. The van der Waals surface area contributed by atoms with Crippen molar-refractivity contribution in [1.29, 1.82) is 0 Å². The Morgan fingerprint density at radius 2 is 1.29 bits per heavy atom. The smallest absolute Gasteiger partial charge is 1.00 e. The molecule has 0 nitrogen and oxygen atoms in total. The Labute approximate surface area is 184 Å². The van der Waals surface area contributed by atoms with Crippen LogP contribution in [0.2, 0.25) is 50.7 Å². The molecule has 0 N–H and O–H groups in total. The van der Waals surface area contributed by atoms with Crippen molar-refractivity contribution in [3.05, 3.63) is 47.1 Å². The van der Waals surface area contributed by atoms with Gasteiger partial charge in [0, 0.05) is 0 Å². The fourth-order valence-corrected chi connectivity index (χ4v) is 76.1. The topological polar surface area (TPSA) is 0 Å². The fraction of sp³-hybridized carbons (Fsp3) is 0.636. The van der Waals surface area contributed by atoms with Gasteiger partial charge in [-0.05, 0) is 0 Å². The molecule has 0 aromatic rings. The summed E-state index contributed by atoms with van der Waals surface area (Å²) < 4.78 is 11.9. The molecule has 0 saturated heterocycles. The van der Waals surface area contributed by atoms with Crippen molar-refractivity contribution in [1.82, 2.24) is 0 Å². The largest absolute Gasteiger partial charge is 1.00 e. The summed E-state index contributed by atoms with van der Waals surface area (Å²) in [5.41, 5.74) is 4.73. The maximum Gasteiger partial charge on any atom is -1.00 e. The molecule has 1 unspecified atom stereocenters. The van der Waals surface area contributed by atoms with Gasteiger partial charge in [0.15, 0.2) is 0 Å². The van der Waals surface area contributed by atoms with Crippen LogP contribution in [-0.2, 0) is 12.4 Å². The third-order valence-corrected chi connectivity index (χ3v) is 95.4. The molecular formula is C22H46Cl2HfSi3-2. The zero-order chi connectivity index (χ0) is 20.8. The van der Waals surface area contributed by atoms with Gasteiger partial charge < -0.3 is 24.8 Å². The molecule has 2 rings (SSSR count). The van der Waals surface area contributed by atoms with Gasteiger partial charge in [-0.1, -0.05) is 0 Å². The maximum atomic E-state index is 2.88. The Morgan fingerprint density at radius 1 is 0.893 bits per heavy atom. The molecule has 0 aromatic carbocycles. The van der Waals surface area contributed by atoms with E-state index in [1.165, 1.54) is 26.5 Å². The summed E-state index contributed by atoms with van der Waals surface area (Å²) in [7, 11) is 1.26. The minimum atomic E-state index is -4.85. The van der Waals surface area contributed by atoms with Gasteiger partial charge in [0.2, 0.25) is 0 Å². The molecule has 0 spiro atoms. The molecule has 0 aliphatic heterocycles. The first-order chi connectivity index (χ1) is 10.8. The van der Waals surface area contributed by atoms with Crippen molar-refractivity contribution >= 4 is 22.9 Å². The average molecular weight is 644 g/mol. The van der Waals surface area contributed by atoms with E-state index in [4.69, 9.17) is 0 Å². The van der Waals surface area contributed by atoms with Crippen LogP contribution >= 0.6 is 0 Å². The van der Waals surface area contributed by atoms with Gasteiger partial charge >= 0.3 is 161 Å². The number of hydrogen-bond donors (Lipinski definition) is 0. The van der Waals surface area contributed by atoms with Crippen LogP contribution in [0.5, 0.6) is 0 Å². The first kappa shape index (κ1) is 29.1. The first-order valence-electron chi connectivity index (χ1n) is 10.6. The summed E-state index contributed by atoms with van der Waals surface area (Å²) in [6, 6.07) is 1.38. The van der Waals surface area contributed by atoms with Gasteiger partial charge in [0.05, 0.1) is 0 Å². The molecule has 0 fully saturated rings. The quantitative estimate of drug-likeness (QED) is 0.383. The Hall–Kier alpha value is 1.06. The van der Waals surface area contributed by atoms with Crippen LogP contribution < -0.4 is 24.8 Å². The molecule has 2 aliphatic rings. The van der Waals surface area contributed by atoms with Crippen LogP contribution in [0.4, 0.5) is 0 Å². The zero-order valence-corrected chi connectivity index (χ0v) is 31.0. The molecule has 0 heterocycles. The number of halogens is 2. The second kappa shape index (κ2) is 5.34. The van der Waals surface area contributed by atoms with Gasteiger partial charge in [0.1, 0.15) is 0 Å². The van der Waals surface area contributed by atoms with E-state index in [9.17, 15) is 0 Å². The van der Waals surface area contributed by atoms with Crippen molar-refractivity contribution in [2.45, 2.75) is 78.4 Å². The normalized spacial score (nSPS) is 29.9. The minimum absolute atomic E-state index is 0. The van der Waals surface area contributed by atoms with Crippen LogP contribution in [0.15, 0.2) is 47.1 Å². The number of hydrogen-bond acceptors (Lipinski definition) is 0. The first-order valence-corrected chi connectivity index (χ1v) is 55.8. The Morgan fingerprint density at radius 3 is 1.57 bits per heavy atom. The van der Waals surface area contributed by atoms with Gasteiger partial charge in [-0.15, -0.1) is 0 Å². The summed E-state index contributed by atoms with van der Waals surface area (Å²) >= 11 is -4.85. The van der Waals surface area contributed by atoms with E-state index in [2.05, 4.69) is 96.4 Å². The van der Waals surface area contributed by atoms with E-state index in [1.807, 2.05) is 0 Å². The summed E-state index contributed by atoms with van der Waals surface area (Å²) in [4.78, 5) is 0. The van der Waals surface area contributed by atoms with Crippen LogP contribution in [0.25, 0.3) is 0 Å². The molecule has 6 heteroatoms. The molecule has 0 aromatic heterocycles. The van der Waals surface area contributed by atoms with Gasteiger partial charge in [-0.25, -0.2) is 0 Å². The third-order valence-electron chi connectivity index (χ3n) is 10.6. The van der Waals surface area contributed by atoms with Crippen LogP contribution in [0.3, 0.4) is 0 Å². The van der Waals surface area contributed by atoms with Gasteiger partial charge in [-0.3, -0.25) is 0 Å². The van der Waals surface area contributed by atoms with Crippen LogP contribution in [-0.4, -0.2) is 22.9 Å². The van der Waals surface area contributed by atoms with Crippen molar-refractivity contribution in [3.63, 3.8) is 0 Å². The SMILES string of the molecule is CC1=C[C](C)([Hf]([CH3])([CH3])([CH3])([CH3])([SiH3])([SiH3])[C]2(C[Si](C)(C)C)C=CC=C2)C(C)=C1C.[Cl-].[Cl-]. The Balaban J connectivity index is 0.00000364. The van der Waals surface area contributed by atoms with E-state index in [1.54, 1.807) is 11.1 Å². The Kier molecular flexibility index (Phi) is 5.54. The molecule has 1 atom stereocenters. The standard InChI is InChI=1S/C9H15Si.C9H13.4CH3.2ClH.Hf.2H3Si/c1-10(2,3)8-9-6-4-5-7-9;1-6-5-7(2)9(4)8(6)3;;;;;;;;;/h4-7H,8H2,1-3H3;5H,1-4H3;4*1H3;2*1H;;2*1H3/p-2. The molecule has 0 radical (unpaired) electrons. The van der Waals surface area contributed by atoms with Crippen molar-refractivity contribution < 1.29 is 37.2 Å². The van der Waals surface area contributed by atoms with Crippen LogP contribution in [0.1, 0.15) is 27.7 Å². The molecule has 0 bridgehead atoms. The van der Waals surface area contributed by atoms with E-state index in [0.717, 1.165) is 0 Å². The van der Waals surface area contributed by atoms with Gasteiger partial charge in [0.25, 0.3) is 0 Å². The van der Waals surface area contributed by atoms with E-state index in [0.29, 0.717) is 0 Å². The molecule has 28 heavy (non-hydrogen) atoms. The fourth-order valence-electron chi connectivity index (χ4n) is 6.67. The molecule has 166 valence electrons. The van der Waals surface area contributed by atoms with E-state index >= 15 is 0 Å². The second-order valence-electron chi connectivity index (χ2n) is 18.4. The van der Waals surface area contributed by atoms with Crippen molar-refractivity contribution in [2.24, 2.45) is 0 Å².